The molecule has 66 valence electrons. The molecule has 1 aromatic carbocycles. The van der Waals surface area contributed by atoms with Crippen LogP contribution < -0.4 is 11.3 Å². The summed E-state index contributed by atoms with van der Waals surface area (Å²) in [5.74, 6) is 0. The second kappa shape index (κ2) is 2.62. The molecule has 0 bridgehead atoms. The third-order valence-corrected chi connectivity index (χ3v) is 2.13. The van der Waals surface area contributed by atoms with Crippen LogP contribution in [-0.2, 0) is 0 Å². The van der Waals surface area contributed by atoms with Crippen LogP contribution in [0.4, 0.5) is 5.69 Å². The van der Waals surface area contributed by atoms with Gasteiger partial charge in [0.15, 0.2) is 0 Å². The van der Waals surface area contributed by atoms with Crippen LogP contribution in [0.1, 0.15) is 5.56 Å². The maximum atomic E-state index is 11.4. The molecule has 0 saturated heterocycles. The number of pyridine rings is 1. The van der Waals surface area contributed by atoms with Gasteiger partial charge in [0.2, 0.25) is 0 Å². The highest BCUT2D eigenvalue weighted by Crippen LogP contribution is 2.16. The number of H-pyrrole nitrogens is 1. The quantitative estimate of drug-likeness (QED) is 0.593. The van der Waals surface area contributed by atoms with Crippen molar-refractivity contribution in [1.82, 2.24) is 4.98 Å². The van der Waals surface area contributed by atoms with Crippen molar-refractivity contribution < 1.29 is 0 Å². The molecule has 0 saturated carbocycles. The third-order valence-electron chi connectivity index (χ3n) is 2.13. The number of anilines is 1. The molecule has 0 radical (unpaired) electrons. The van der Waals surface area contributed by atoms with E-state index >= 15 is 0 Å². The number of nitrogen functional groups attached to an aromatic ring is 1. The minimum Gasteiger partial charge on any atom is -0.399 e. The molecule has 0 atom stereocenters. The van der Waals surface area contributed by atoms with Gasteiger partial charge in [-0.15, -0.1) is 0 Å². The molecule has 1 heterocycles. The van der Waals surface area contributed by atoms with Crippen molar-refractivity contribution in [1.29, 1.82) is 0 Å². The third kappa shape index (κ3) is 1.18. The maximum absolute atomic E-state index is 11.4. The molecular formula is C10H10N2O. The van der Waals surface area contributed by atoms with Gasteiger partial charge in [0.1, 0.15) is 0 Å². The van der Waals surface area contributed by atoms with Gasteiger partial charge in [-0.05, 0) is 30.0 Å². The van der Waals surface area contributed by atoms with Crippen molar-refractivity contribution in [3.05, 3.63) is 40.3 Å². The van der Waals surface area contributed by atoms with Gasteiger partial charge in [0, 0.05) is 17.3 Å². The topological polar surface area (TPSA) is 58.9 Å². The Labute approximate surface area is 75.2 Å². The molecular weight excluding hydrogens is 164 g/mol. The van der Waals surface area contributed by atoms with E-state index in [1.165, 1.54) is 0 Å². The average molecular weight is 174 g/mol. The van der Waals surface area contributed by atoms with Gasteiger partial charge >= 0.3 is 0 Å². The van der Waals surface area contributed by atoms with Crippen LogP contribution >= 0.6 is 0 Å². The fourth-order valence-corrected chi connectivity index (χ4v) is 1.42. The fourth-order valence-electron chi connectivity index (χ4n) is 1.42. The monoisotopic (exact) mass is 174 g/mol. The van der Waals surface area contributed by atoms with Gasteiger partial charge in [-0.1, -0.05) is 6.07 Å². The van der Waals surface area contributed by atoms with Crippen LogP contribution in [0.15, 0.2) is 29.2 Å². The van der Waals surface area contributed by atoms with Crippen molar-refractivity contribution in [2.75, 3.05) is 5.73 Å². The highest BCUT2D eigenvalue weighted by Gasteiger charge is 2.00. The largest absolute Gasteiger partial charge is 0.399 e. The predicted molar refractivity (Wildman–Crippen MR) is 53.7 cm³/mol. The number of aryl methyl sites for hydroxylation is 1. The van der Waals surface area contributed by atoms with Crippen molar-refractivity contribution in [2.45, 2.75) is 6.92 Å². The van der Waals surface area contributed by atoms with E-state index in [-0.39, 0.29) is 5.56 Å². The molecule has 0 amide bonds. The second-order valence-corrected chi connectivity index (χ2v) is 3.11. The van der Waals surface area contributed by atoms with E-state index in [9.17, 15) is 4.79 Å². The average Bonchev–Trinajstić information content (AvgIpc) is 2.12. The maximum Gasteiger partial charge on any atom is 0.255 e. The standard InChI is InChI=1S/C10H10N2O/c1-6-5-12-10(13)9-4-7(11)2-3-8(6)9/h2-5H,11H2,1H3,(H,12,13). The van der Waals surface area contributed by atoms with Crippen LogP contribution in [-0.4, -0.2) is 4.98 Å². The Hall–Kier alpha value is -1.77. The van der Waals surface area contributed by atoms with Crippen LogP contribution in [0, 0.1) is 6.92 Å². The highest BCUT2D eigenvalue weighted by molar-refractivity contribution is 5.86. The zero-order chi connectivity index (χ0) is 9.42. The first kappa shape index (κ1) is 7.86. The van der Waals surface area contributed by atoms with Gasteiger partial charge in [-0.25, -0.2) is 0 Å². The number of hydrogen-bond acceptors (Lipinski definition) is 2. The van der Waals surface area contributed by atoms with E-state index in [2.05, 4.69) is 4.98 Å². The number of nitrogens with one attached hydrogen (secondary N) is 1. The van der Waals surface area contributed by atoms with Crippen LogP contribution in [0.25, 0.3) is 10.8 Å². The van der Waals surface area contributed by atoms with E-state index < -0.39 is 0 Å². The smallest absolute Gasteiger partial charge is 0.255 e. The molecule has 3 nitrogen and oxygen atoms in total. The zero-order valence-electron chi connectivity index (χ0n) is 7.29. The lowest BCUT2D eigenvalue weighted by Crippen LogP contribution is -2.06. The molecule has 3 N–H and O–H groups in total. The summed E-state index contributed by atoms with van der Waals surface area (Å²) in [5.41, 5.74) is 7.17. The Morgan fingerprint density at radius 2 is 2.08 bits per heavy atom. The Balaban J connectivity index is 3.01. The molecule has 1 aromatic heterocycles. The summed E-state index contributed by atoms with van der Waals surface area (Å²) >= 11 is 0. The Kier molecular flexibility index (Phi) is 1.59. The summed E-state index contributed by atoms with van der Waals surface area (Å²) in [6, 6.07) is 5.37. The lowest BCUT2D eigenvalue weighted by molar-refractivity contribution is 1.24. The molecule has 0 aliphatic heterocycles. The number of rotatable bonds is 0. The SMILES string of the molecule is Cc1c[nH]c(=O)c2cc(N)ccc12. The van der Waals surface area contributed by atoms with Gasteiger partial charge in [0.05, 0.1) is 0 Å². The zero-order valence-corrected chi connectivity index (χ0v) is 7.29. The molecule has 0 aliphatic carbocycles. The minimum atomic E-state index is -0.0899. The molecule has 0 unspecified atom stereocenters. The van der Waals surface area contributed by atoms with Crippen molar-refractivity contribution in [3.63, 3.8) is 0 Å². The summed E-state index contributed by atoms with van der Waals surface area (Å²) in [5, 5.41) is 1.61. The van der Waals surface area contributed by atoms with E-state index in [4.69, 9.17) is 5.73 Å². The van der Waals surface area contributed by atoms with Crippen LogP contribution in [0.5, 0.6) is 0 Å². The Morgan fingerprint density at radius 3 is 2.85 bits per heavy atom. The van der Waals surface area contributed by atoms with E-state index in [1.54, 1.807) is 18.3 Å². The lowest BCUT2D eigenvalue weighted by atomic mass is 10.1. The van der Waals surface area contributed by atoms with Gasteiger partial charge < -0.3 is 10.7 Å². The first-order chi connectivity index (χ1) is 6.18. The van der Waals surface area contributed by atoms with Crippen molar-refractivity contribution >= 4 is 16.5 Å². The summed E-state index contributed by atoms with van der Waals surface area (Å²) in [4.78, 5) is 14.0. The Bertz CT molecular complexity index is 514. The molecule has 3 heteroatoms. The number of fused-ring (bicyclic) bond motifs is 1. The first-order valence-electron chi connectivity index (χ1n) is 4.06. The first-order valence-corrected chi connectivity index (χ1v) is 4.06. The Morgan fingerprint density at radius 1 is 1.31 bits per heavy atom. The van der Waals surface area contributed by atoms with Crippen LogP contribution in [0.3, 0.4) is 0 Å². The second-order valence-electron chi connectivity index (χ2n) is 3.11. The van der Waals surface area contributed by atoms with E-state index in [0.717, 1.165) is 10.9 Å². The number of aromatic amines is 1. The molecule has 2 aromatic rings. The summed E-state index contributed by atoms with van der Waals surface area (Å²) in [6.07, 6.45) is 1.71. The summed E-state index contributed by atoms with van der Waals surface area (Å²) < 4.78 is 0. The summed E-state index contributed by atoms with van der Waals surface area (Å²) in [7, 11) is 0. The van der Waals surface area contributed by atoms with Crippen molar-refractivity contribution in [3.8, 4) is 0 Å². The molecule has 2 rings (SSSR count). The normalized spacial score (nSPS) is 10.5. The summed E-state index contributed by atoms with van der Waals surface area (Å²) in [6.45, 7) is 1.95. The molecule has 0 aliphatic rings. The molecule has 0 spiro atoms. The number of benzene rings is 1. The van der Waals surface area contributed by atoms with Gasteiger partial charge in [0.25, 0.3) is 5.56 Å². The van der Waals surface area contributed by atoms with Gasteiger partial charge in [-0.2, -0.15) is 0 Å². The van der Waals surface area contributed by atoms with Gasteiger partial charge in [-0.3, -0.25) is 4.79 Å². The van der Waals surface area contributed by atoms with E-state index in [0.29, 0.717) is 11.1 Å². The highest BCUT2D eigenvalue weighted by atomic mass is 16.1. The predicted octanol–water partition coefficient (Wildman–Crippen LogP) is 1.42. The number of aromatic nitrogens is 1. The van der Waals surface area contributed by atoms with E-state index in [1.807, 2.05) is 13.0 Å². The lowest BCUT2D eigenvalue weighted by Gasteiger charge is -2.01. The van der Waals surface area contributed by atoms with Crippen LogP contribution in [0.2, 0.25) is 0 Å². The molecule has 13 heavy (non-hydrogen) atoms. The number of hydrogen-bond donors (Lipinski definition) is 2. The fraction of sp³-hybridized carbons (Fsp3) is 0.100. The minimum absolute atomic E-state index is 0.0899. The molecule has 0 fully saturated rings. The van der Waals surface area contributed by atoms with Crippen molar-refractivity contribution in [2.24, 2.45) is 0 Å². The number of nitrogens with two attached hydrogens (primary N) is 1.